The number of nitrogens with one attached hydrogen (secondary N) is 2. The fourth-order valence-corrected chi connectivity index (χ4v) is 5.40. The van der Waals surface area contributed by atoms with Gasteiger partial charge >= 0.3 is 0 Å². The summed E-state index contributed by atoms with van der Waals surface area (Å²) in [6.07, 6.45) is 3.53. The maximum absolute atomic E-state index is 10.8. The molecule has 0 atom stereocenters. The van der Waals surface area contributed by atoms with Crippen LogP contribution < -0.4 is 5.32 Å². The molecule has 0 unspecified atom stereocenters. The van der Waals surface area contributed by atoms with Crippen LogP contribution >= 0.6 is 0 Å². The Morgan fingerprint density at radius 1 is 0.943 bits per heavy atom. The Labute approximate surface area is 201 Å². The second-order valence-electron chi connectivity index (χ2n) is 10.6. The van der Waals surface area contributed by atoms with Crippen LogP contribution in [0.25, 0.3) is 44.7 Å². The number of aromatic amines is 1. The summed E-state index contributed by atoms with van der Waals surface area (Å²) >= 11 is 0. The summed E-state index contributed by atoms with van der Waals surface area (Å²) in [6.45, 7) is 8.82. The molecular formula is C24H26N10O. The van der Waals surface area contributed by atoms with Crippen LogP contribution in [0.4, 0.5) is 0 Å². The fourth-order valence-electron chi connectivity index (χ4n) is 5.40. The van der Waals surface area contributed by atoms with Gasteiger partial charge in [0.05, 0.1) is 11.7 Å². The van der Waals surface area contributed by atoms with Crippen molar-refractivity contribution in [1.82, 2.24) is 50.9 Å². The molecule has 1 aliphatic heterocycles. The van der Waals surface area contributed by atoms with E-state index in [1.807, 2.05) is 28.9 Å². The lowest BCUT2D eigenvalue weighted by molar-refractivity contribution is 0.127. The summed E-state index contributed by atoms with van der Waals surface area (Å²) in [5, 5.41) is 42.7. The molecule has 178 valence electrons. The lowest BCUT2D eigenvalue weighted by Gasteiger charge is -2.46. The quantitative estimate of drug-likeness (QED) is 0.361. The molecule has 1 fully saturated rings. The number of piperidine rings is 1. The molecule has 3 N–H and O–H groups in total. The van der Waals surface area contributed by atoms with E-state index in [1.54, 1.807) is 12.3 Å². The number of pyridine rings is 1. The minimum atomic E-state index is -0.0282. The Bertz CT molecular complexity index is 1550. The first kappa shape index (κ1) is 21.5. The number of rotatable bonds is 3. The van der Waals surface area contributed by atoms with Crippen molar-refractivity contribution in [3.8, 4) is 28.1 Å². The number of nitrogens with zero attached hydrogens (tertiary/aromatic N) is 8. The molecule has 1 aromatic carbocycles. The van der Waals surface area contributed by atoms with E-state index in [4.69, 9.17) is 0 Å². The molecule has 5 heterocycles. The van der Waals surface area contributed by atoms with E-state index in [-0.39, 0.29) is 22.9 Å². The highest BCUT2D eigenvalue weighted by Gasteiger charge is 2.39. The second kappa shape index (κ2) is 7.51. The summed E-state index contributed by atoms with van der Waals surface area (Å²) in [6, 6.07) is 9.28. The lowest BCUT2D eigenvalue weighted by atomic mass is 9.80. The maximum Gasteiger partial charge on any atom is 0.201 e. The Morgan fingerprint density at radius 3 is 2.51 bits per heavy atom. The number of phenols is 1. The van der Waals surface area contributed by atoms with Crippen LogP contribution in [0, 0.1) is 0 Å². The van der Waals surface area contributed by atoms with Gasteiger partial charge in [-0.05, 0) is 70.4 Å². The average Bonchev–Trinajstić information content (AvgIpc) is 3.43. The van der Waals surface area contributed by atoms with Crippen molar-refractivity contribution in [2.24, 2.45) is 0 Å². The zero-order valence-electron chi connectivity index (χ0n) is 20.0. The molecule has 4 aromatic heterocycles. The van der Waals surface area contributed by atoms with Crippen molar-refractivity contribution in [2.75, 3.05) is 0 Å². The van der Waals surface area contributed by atoms with Gasteiger partial charge < -0.3 is 10.4 Å². The monoisotopic (exact) mass is 470 g/mol. The molecule has 0 aliphatic carbocycles. The third kappa shape index (κ3) is 3.87. The largest absolute Gasteiger partial charge is 0.507 e. The van der Waals surface area contributed by atoms with Crippen LogP contribution in [-0.4, -0.2) is 61.8 Å². The number of aromatic hydroxyl groups is 1. The normalized spacial score (nSPS) is 17.8. The molecule has 0 radical (unpaired) electrons. The van der Waals surface area contributed by atoms with Crippen LogP contribution in [0.2, 0.25) is 0 Å². The second-order valence-corrected chi connectivity index (χ2v) is 10.6. The fraction of sp³-hybridized carbons (Fsp3) is 0.375. The van der Waals surface area contributed by atoms with Crippen molar-refractivity contribution in [2.45, 2.75) is 57.7 Å². The van der Waals surface area contributed by atoms with Gasteiger partial charge in [-0.15, -0.1) is 20.4 Å². The van der Waals surface area contributed by atoms with E-state index >= 15 is 0 Å². The Hall–Kier alpha value is -3.99. The molecule has 0 spiro atoms. The molecule has 6 rings (SSSR count). The molecule has 11 heteroatoms. The van der Waals surface area contributed by atoms with E-state index < -0.39 is 0 Å². The standard InChI is InChI=1S/C24H26N10O/c1-23(2)10-15(11-24(3,4)31-23)34-22-19(28-33-34)9-17(26-30-22)16-6-5-13(8-20(16)35)14-7-18-21(25-12-14)29-32-27-18/h5-9,12,15,31,35H,10-11H2,1-4H3,(H,25,27,29,32). The predicted octanol–water partition coefficient (Wildman–Crippen LogP) is 3.41. The summed E-state index contributed by atoms with van der Waals surface area (Å²) < 4.78 is 1.90. The molecule has 0 saturated carbocycles. The number of hydrogen-bond donors (Lipinski definition) is 3. The first-order valence-corrected chi connectivity index (χ1v) is 11.6. The van der Waals surface area contributed by atoms with E-state index in [0.29, 0.717) is 28.1 Å². The molecule has 0 bridgehead atoms. The molecule has 11 nitrogen and oxygen atoms in total. The summed E-state index contributed by atoms with van der Waals surface area (Å²) in [7, 11) is 0. The van der Waals surface area contributed by atoms with Gasteiger partial charge in [0.2, 0.25) is 11.3 Å². The van der Waals surface area contributed by atoms with Gasteiger partial charge in [0.15, 0.2) is 0 Å². The van der Waals surface area contributed by atoms with Crippen LogP contribution in [-0.2, 0) is 0 Å². The van der Waals surface area contributed by atoms with Gasteiger partial charge in [0.25, 0.3) is 0 Å². The highest BCUT2D eigenvalue weighted by molar-refractivity contribution is 5.81. The molecule has 35 heavy (non-hydrogen) atoms. The van der Waals surface area contributed by atoms with Gasteiger partial charge in [0.1, 0.15) is 16.8 Å². The minimum absolute atomic E-state index is 0.0282. The van der Waals surface area contributed by atoms with Gasteiger partial charge in [0, 0.05) is 28.4 Å². The van der Waals surface area contributed by atoms with Crippen molar-refractivity contribution in [3.63, 3.8) is 0 Å². The summed E-state index contributed by atoms with van der Waals surface area (Å²) in [5.41, 5.74) is 5.26. The van der Waals surface area contributed by atoms with E-state index in [9.17, 15) is 5.11 Å². The van der Waals surface area contributed by atoms with E-state index in [2.05, 4.69) is 73.9 Å². The van der Waals surface area contributed by atoms with Gasteiger partial charge in [-0.3, -0.25) is 5.10 Å². The third-order valence-corrected chi connectivity index (χ3v) is 6.52. The third-order valence-electron chi connectivity index (χ3n) is 6.52. The SMILES string of the molecule is CC1(C)CC(n2nnc3cc(-c4ccc(-c5cnc6nn[nH]c6c5)cc4O)nnc32)CC(C)(C)N1. The number of hydrogen-bond acceptors (Lipinski definition) is 9. The van der Waals surface area contributed by atoms with Crippen molar-refractivity contribution < 1.29 is 5.11 Å². The van der Waals surface area contributed by atoms with Crippen LogP contribution in [0.1, 0.15) is 46.6 Å². The van der Waals surface area contributed by atoms with Crippen molar-refractivity contribution in [1.29, 1.82) is 0 Å². The highest BCUT2D eigenvalue weighted by atomic mass is 16.3. The number of aromatic nitrogens is 9. The minimum Gasteiger partial charge on any atom is -0.507 e. The number of H-pyrrole nitrogens is 1. The van der Waals surface area contributed by atoms with E-state index in [0.717, 1.165) is 29.5 Å². The van der Waals surface area contributed by atoms with Crippen molar-refractivity contribution in [3.05, 3.63) is 36.5 Å². The molecular weight excluding hydrogens is 444 g/mol. The zero-order chi connectivity index (χ0) is 24.4. The predicted molar refractivity (Wildman–Crippen MR) is 130 cm³/mol. The molecule has 5 aromatic rings. The highest BCUT2D eigenvalue weighted by Crippen LogP contribution is 2.37. The van der Waals surface area contributed by atoms with Crippen LogP contribution in [0.3, 0.4) is 0 Å². The number of benzene rings is 1. The van der Waals surface area contributed by atoms with Gasteiger partial charge in [-0.2, -0.15) is 0 Å². The maximum atomic E-state index is 10.8. The lowest BCUT2D eigenvalue weighted by Crippen LogP contribution is -2.58. The van der Waals surface area contributed by atoms with Gasteiger partial charge in [-0.1, -0.05) is 16.5 Å². The van der Waals surface area contributed by atoms with Crippen LogP contribution in [0.15, 0.2) is 36.5 Å². The summed E-state index contributed by atoms with van der Waals surface area (Å²) in [4.78, 5) is 4.29. The smallest absolute Gasteiger partial charge is 0.201 e. The number of fused-ring (bicyclic) bond motifs is 2. The van der Waals surface area contributed by atoms with Crippen LogP contribution in [0.5, 0.6) is 5.75 Å². The Balaban J connectivity index is 1.32. The van der Waals surface area contributed by atoms with Gasteiger partial charge in [-0.25, -0.2) is 9.67 Å². The van der Waals surface area contributed by atoms with Crippen molar-refractivity contribution >= 4 is 22.3 Å². The summed E-state index contributed by atoms with van der Waals surface area (Å²) in [5.74, 6) is 0.0910. The first-order valence-electron chi connectivity index (χ1n) is 11.6. The molecule has 1 saturated heterocycles. The molecule has 0 amide bonds. The molecule has 1 aliphatic rings. The van der Waals surface area contributed by atoms with E-state index in [1.165, 1.54) is 0 Å². The zero-order valence-corrected chi connectivity index (χ0v) is 20.0. The average molecular weight is 471 g/mol. The first-order chi connectivity index (χ1) is 16.7. The Kier molecular flexibility index (Phi) is 4.62. The topological polar surface area (TPSA) is 143 Å². The Morgan fingerprint density at radius 2 is 1.74 bits per heavy atom. The number of phenolic OH excluding ortho intramolecular Hbond substituents is 1.